The van der Waals surface area contributed by atoms with Crippen LogP contribution in [0.4, 0.5) is 0 Å². The van der Waals surface area contributed by atoms with Crippen molar-refractivity contribution < 1.29 is 14.6 Å². The van der Waals surface area contributed by atoms with Crippen molar-refractivity contribution in [1.82, 2.24) is 9.55 Å². The summed E-state index contributed by atoms with van der Waals surface area (Å²) >= 11 is 0. The van der Waals surface area contributed by atoms with Gasteiger partial charge in [-0.25, -0.2) is 9.78 Å². The first-order chi connectivity index (χ1) is 13.9. The van der Waals surface area contributed by atoms with E-state index in [0.29, 0.717) is 23.4 Å². The van der Waals surface area contributed by atoms with Gasteiger partial charge in [0.1, 0.15) is 0 Å². The highest BCUT2D eigenvalue weighted by atomic mass is 16.5. The number of aliphatic hydroxyl groups excluding tert-OH is 1. The molecule has 1 aromatic rings. The summed E-state index contributed by atoms with van der Waals surface area (Å²) in [5.41, 5.74) is 3.56. The van der Waals surface area contributed by atoms with Crippen molar-refractivity contribution in [2.75, 3.05) is 7.11 Å². The van der Waals surface area contributed by atoms with Gasteiger partial charge in [0.2, 0.25) is 0 Å². The Morgan fingerprint density at radius 2 is 1.97 bits per heavy atom. The molecule has 5 nitrogen and oxygen atoms in total. The largest absolute Gasteiger partial charge is 0.464 e. The van der Waals surface area contributed by atoms with Crippen molar-refractivity contribution in [3.63, 3.8) is 0 Å². The van der Waals surface area contributed by atoms with Gasteiger partial charge < -0.3 is 14.4 Å². The minimum atomic E-state index is -0.384. The Kier molecular flexibility index (Phi) is 4.32. The molecule has 1 N–H and O–H groups in total. The molecule has 0 spiro atoms. The molecule has 4 aliphatic carbocycles. The van der Waals surface area contributed by atoms with Crippen LogP contribution in [0.25, 0.3) is 5.70 Å². The van der Waals surface area contributed by atoms with E-state index in [2.05, 4.69) is 35.6 Å². The minimum Gasteiger partial charge on any atom is -0.464 e. The first-order valence-corrected chi connectivity index (χ1v) is 11.1. The molecule has 1 aromatic heterocycles. The molecule has 156 valence electrons. The fourth-order valence-corrected chi connectivity index (χ4v) is 7.25. The van der Waals surface area contributed by atoms with Crippen molar-refractivity contribution in [3.8, 4) is 0 Å². The quantitative estimate of drug-likeness (QED) is 0.593. The highest BCUT2D eigenvalue weighted by Gasteiger charge is 2.57. The molecule has 4 aliphatic rings. The molecule has 5 heteroatoms. The highest BCUT2D eigenvalue weighted by molar-refractivity contribution is 5.87. The molecular formula is C24H32N2O3. The van der Waals surface area contributed by atoms with Gasteiger partial charge in [0.25, 0.3) is 0 Å². The van der Waals surface area contributed by atoms with Crippen LogP contribution in [0.3, 0.4) is 0 Å². The van der Waals surface area contributed by atoms with Gasteiger partial charge in [-0.3, -0.25) is 0 Å². The lowest BCUT2D eigenvalue weighted by molar-refractivity contribution is -0.0249. The lowest BCUT2D eigenvalue weighted by Gasteiger charge is -2.57. The first-order valence-electron chi connectivity index (χ1n) is 11.1. The maximum absolute atomic E-state index is 11.8. The summed E-state index contributed by atoms with van der Waals surface area (Å²) in [6.45, 7) is 4.88. The van der Waals surface area contributed by atoms with Crippen LogP contribution < -0.4 is 0 Å². The van der Waals surface area contributed by atoms with Crippen molar-refractivity contribution in [2.24, 2.45) is 28.6 Å². The van der Waals surface area contributed by atoms with Gasteiger partial charge in [-0.2, -0.15) is 0 Å². The Hall–Kier alpha value is -1.88. The topological polar surface area (TPSA) is 64.3 Å². The number of aliphatic hydroxyl groups is 1. The van der Waals surface area contributed by atoms with Crippen LogP contribution in [0.5, 0.6) is 0 Å². The van der Waals surface area contributed by atoms with Gasteiger partial charge in [-0.15, -0.1) is 0 Å². The number of allylic oxidation sites excluding steroid dienone is 3. The second-order valence-electron chi connectivity index (χ2n) is 10.1. The monoisotopic (exact) mass is 396 g/mol. The number of hydrogen-bond acceptors (Lipinski definition) is 4. The average Bonchev–Trinajstić information content (AvgIpc) is 3.32. The highest BCUT2D eigenvalue weighted by Crippen LogP contribution is 2.65. The lowest BCUT2D eigenvalue weighted by atomic mass is 9.48. The minimum absolute atomic E-state index is 0.116. The molecule has 0 saturated heterocycles. The van der Waals surface area contributed by atoms with Crippen molar-refractivity contribution in [2.45, 2.75) is 64.9 Å². The summed E-state index contributed by atoms with van der Waals surface area (Å²) in [4.78, 5) is 16.1. The van der Waals surface area contributed by atoms with Crippen molar-refractivity contribution in [1.29, 1.82) is 0 Å². The Morgan fingerprint density at radius 1 is 1.17 bits per heavy atom. The molecule has 2 saturated carbocycles. The van der Waals surface area contributed by atoms with E-state index < -0.39 is 0 Å². The van der Waals surface area contributed by atoms with Gasteiger partial charge in [0, 0.05) is 17.3 Å². The molecule has 3 unspecified atom stereocenters. The van der Waals surface area contributed by atoms with Crippen LogP contribution >= 0.6 is 0 Å². The number of carbonyl (C=O) groups is 1. The van der Waals surface area contributed by atoms with E-state index in [-0.39, 0.29) is 22.9 Å². The zero-order valence-corrected chi connectivity index (χ0v) is 17.7. The third kappa shape index (κ3) is 2.69. The number of methoxy groups -OCH3 is 1. The summed E-state index contributed by atoms with van der Waals surface area (Å²) in [5.74, 6) is 1.65. The van der Waals surface area contributed by atoms with Crippen LogP contribution in [0.2, 0.25) is 0 Å². The summed E-state index contributed by atoms with van der Waals surface area (Å²) in [5, 5.41) is 10.2. The van der Waals surface area contributed by atoms with Gasteiger partial charge >= 0.3 is 5.97 Å². The number of nitrogens with zero attached hydrogens (tertiary/aromatic N) is 2. The summed E-state index contributed by atoms with van der Waals surface area (Å²) in [6.07, 6.45) is 15.9. The number of esters is 1. The molecule has 1 heterocycles. The average molecular weight is 397 g/mol. The second-order valence-corrected chi connectivity index (χ2v) is 10.1. The summed E-state index contributed by atoms with van der Waals surface area (Å²) in [7, 11) is 1.39. The maximum atomic E-state index is 11.8. The smallest absolute Gasteiger partial charge is 0.358 e. The molecule has 0 radical (unpaired) electrons. The fourth-order valence-electron chi connectivity index (χ4n) is 7.25. The standard InChI is InChI=1S/C24H32N2O3/c1-23-10-8-16(27)12-15(23)4-5-17-18-6-7-21(24(18,2)11-9-19(17)23)26-13-20(25-14-26)22(28)29-3/h4,7,13-14,16-19,27H,5-6,8-12H2,1-3H3/t16-,17?,18?,19?,23-,24-/m0/s1. The Balaban J connectivity index is 1.43. The van der Waals surface area contributed by atoms with E-state index in [1.54, 1.807) is 6.33 Å². The Labute approximate surface area is 172 Å². The van der Waals surface area contributed by atoms with E-state index in [0.717, 1.165) is 32.1 Å². The lowest BCUT2D eigenvalue weighted by Crippen LogP contribution is -2.50. The summed E-state index contributed by atoms with van der Waals surface area (Å²) in [6, 6.07) is 0. The van der Waals surface area contributed by atoms with Crippen LogP contribution in [0, 0.1) is 28.6 Å². The van der Waals surface area contributed by atoms with Crippen LogP contribution in [0.1, 0.15) is 69.3 Å². The molecule has 0 amide bonds. The van der Waals surface area contributed by atoms with Crippen LogP contribution in [0.15, 0.2) is 30.2 Å². The zero-order chi connectivity index (χ0) is 20.4. The Bertz CT molecular complexity index is 900. The number of carbonyl (C=O) groups excluding carboxylic acids is 1. The molecule has 6 atom stereocenters. The van der Waals surface area contributed by atoms with Gasteiger partial charge in [-0.1, -0.05) is 31.6 Å². The van der Waals surface area contributed by atoms with E-state index in [1.165, 1.54) is 31.2 Å². The number of fused-ring (bicyclic) bond motifs is 5. The van der Waals surface area contributed by atoms with Crippen molar-refractivity contribution in [3.05, 3.63) is 35.9 Å². The zero-order valence-electron chi connectivity index (χ0n) is 17.7. The fraction of sp³-hybridized carbons (Fsp3) is 0.667. The number of imidazole rings is 1. The van der Waals surface area contributed by atoms with Crippen LogP contribution in [-0.2, 0) is 4.74 Å². The number of ether oxygens (including phenoxy) is 1. The predicted molar refractivity (Wildman–Crippen MR) is 111 cm³/mol. The first kappa shape index (κ1) is 19.1. The predicted octanol–water partition coefficient (Wildman–Crippen LogP) is 4.44. The second kappa shape index (κ2) is 6.56. The van der Waals surface area contributed by atoms with Crippen molar-refractivity contribution >= 4 is 11.7 Å². The third-order valence-corrected chi connectivity index (χ3v) is 8.87. The van der Waals surface area contributed by atoms with E-state index in [4.69, 9.17) is 4.74 Å². The molecular weight excluding hydrogens is 364 g/mol. The third-order valence-electron chi connectivity index (χ3n) is 8.87. The molecule has 2 fully saturated rings. The molecule has 5 rings (SSSR count). The SMILES string of the molecule is COC(=O)c1cn(C2=CCC3C4CC=C5C[C@@H](O)CC[C@]5(C)C4CC[C@]23C)cn1. The normalized spacial score (nSPS) is 41.0. The molecule has 0 bridgehead atoms. The Morgan fingerprint density at radius 3 is 2.76 bits per heavy atom. The van der Waals surface area contributed by atoms with Gasteiger partial charge in [0.05, 0.1) is 19.5 Å². The molecule has 0 aromatic carbocycles. The molecule has 0 aliphatic heterocycles. The number of aromatic nitrogens is 2. The van der Waals surface area contributed by atoms with E-state index in [9.17, 15) is 9.90 Å². The summed E-state index contributed by atoms with van der Waals surface area (Å²) < 4.78 is 6.88. The number of rotatable bonds is 2. The van der Waals surface area contributed by atoms with E-state index in [1.807, 2.05) is 6.20 Å². The molecule has 29 heavy (non-hydrogen) atoms. The number of hydrogen-bond donors (Lipinski definition) is 1. The maximum Gasteiger partial charge on any atom is 0.358 e. The van der Waals surface area contributed by atoms with Gasteiger partial charge in [0.15, 0.2) is 5.69 Å². The van der Waals surface area contributed by atoms with E-state index >= 15 is 0 Å². The van der Waals surface area contributed by atoms with Crippen LogP contribution in [-0.4, -0.2) is 33.8 Å². The van der Waals surface area contributed by atoms with Gasteiger partial charge in [-0.05, 0) is 68.1 Å².